The number of alkyl halides is 2. The van der Waals surface area contributed by atoms with Crippen LogP contribution < -0.4 is 10.2 Å². The summed E-state index contributed by atoms with van der Waals surface area (Å²) in [5.41, 5.74) is -0.779. The van der Waals surface area contributed by atoms with E-state index in [-0.39, 0.29) is 23.3 Å². The summed E-state index contributed by atoms with van der Waals surface area (Å²) in [4.78, 5) is 38.8. The number of halogens is 2. The quantitative estimate of drug-likeness (QED) is 0.171. The summed E-state index contributed by atoms with van der Waals surface area (Å²) in [6, 6.07) is 3.30. The second kappa shape index (κ2) is 15.6. The van der Waals surface area contributed by atoms with Gasteiger partial charge in [-0.1, -0.05) is 19.8 Å². The zero-order valence-electron chi connectivity index (χ0n) is 28.8. The molecule has 0 aromatic carbocycles. The van der Waals surface area contributed by atoms with Crippen LogP contribution in [0.3, 0.4) is 0 Å². The normalized spacial score (nSPS) is 18.4. The first-order chi connectivity index (χ1) is 22.9. The minimum atomic E-state index is -2.86. The molecule has 0 spiro atoms. The van der Waals surface area contributed by atoms with Crippen molar-refractivity contribution in [2.45, 2.75) is 104 Å². The van der Waals surface area contributed by atoms with Crippen molar-refractivity contribution in [3.05, 3.63) is 42.2 Å². The topological polar surface area (TPSA) is 119 Å². The van der Waals surface area contributed by atoms with Crippen LogP contribution in [0.25, 0.3) is 11.5 Å². The highest BCUT2D eigenvalue weighted by Crippen LogP contribution is 2.36. The van der Waals surface area contributed by atoms with Gasteiger partial charge in [-0.05, 0) is 103 Å². The summed E-state index contributed by atoms with van der Waals surface area (Å²) in [5, 5.41) is 6.78. The molecule has 3 aromatic rings. The first-order valence-corrected chi connectivity index (χ1v) is 17.2. The minimum Gasteiger partial charge on any atom is -0.444 e. The van der Waals surface area contributed by atoms with E-state index in [1.54, 1.807) is 37.6 Å². The van der Waals surface area contributed by atoms with Crippen LogP contribution in [0.1, 0.15) is 114 Å². The van der Waals surface area contributed by atoms with Gasteiger partial charge >= 0.3 is 6.09 Å². The lowest BCUT2D eigenvalue weighted by Crippen LogP contribution is -2.38. The number of carbonyl (C=O) groups is 2. The Morgan fingerprint density at radius 1 is 1.10 bits per heavy atom. The number of pyridine rings is 1. The molecule has 262 valence electrons. The number of oxazole rings is 1. The Balaban J connectivity index is 1.23. The molecule has 2 aliphatic carbocycles. The Morgan fingerprint density at radius 2 is 1.81 bits per heavy atom. The van der Waals surface area contributed by atoms with Crippen molar-refractivity contribution < 1.29 is 27.5 Å². The third-order valence-corrected chi connectivity index (χ3v) is 8.88. The van der Waals surface area contributed by atoms with Crippen LogP contribution in [0.5, 0.6) is 0 Å². The Morgan fingerprint density at radius 3 is 2.48 bits per heavy atom. The molecule has 2 saturated carbocycles. The second-order valence-corrected chi connectivity index (χ2v) is 14.3. The van der Waals surface area contributed by atoms with Gasteiger partial charge in [-0.3, -0.25) is 14.4 Å². The van der Waals surface area contributed by atoms with Crippen LogP contribution in [0, 0.1) is 11.8 Å². The number of rotatable bonds is 14. The number of hydrogen-bond acceptors (Lipinski definition) is 8. The SMILES string of the molecule is CCCCCN(C)CC1CCC(n2cc(NC(=O)c3coc(-c4ccnc(N(CC5CC5)C(=O)OC(C)(C)C)c4)n3)c(C(F)F)n2)CC1. The number of nitrogens with zero attached hydrogens (tertiary/aromatic N) is 6. The van der Waals surface area contributed by atoms with Gasteiger partial charge in [0, 0.05) is 31.0 Å². The van der Waals surface area contributed by atoms with E-state index in [9.17, 15) is 18.4 Å². The van der Waals surface area contributed by atoms with Crippen LogP contribution in [-0.4, -0.2) is 68.9 Å². The summed E-state index contributed by atoms with van der Waals surface area (Å²) in [5.74, 6) is 0.759. The van der Waals surface area contributed by atoms with E-state index in [0.717, 1.165) is 51.6 Å². The molecule has 11 nitrogen and oxygen atoms in total. The van der Waals surface area contributed by atoms with Gasteiger partial charge in [0.15, 0.2) is 11.4 Å². The van der Waals surface area contributed by atoms with Gasteiger partial charge in [-0.15, -0.1) is 0 Å². The van der Waals surface area contributed by atoms with Gasteiger partial charge in [0.1, 0.15) is 17.7 Å². The molecule has 1 N–H and O–H groups in total. The monoisotopic (exact) mass is 669 g/mol. The maximum Gasteiger partial charge on any atom is 0.416 e. The van der Waals surface area contributed by atoms with E-state index in [4.69, 9.17) is 9.15 Å². The molecule has 5 rings (SSSR count). The molecule has 2 amide bonds. The fourth-order valence-electron chi connectivity index (χ4n) is 6.14. The van der Waals surface area contributed by atoms with Gasteiger partial charge in [0.2, 0.25) is 5.89 Å². The van der Waals surface area contributed by atoms with Crippen molar-refractivity contribution in [3.8, 4) is 11.5 Å². The number of ether oxygens (including phenoxy) is 1. The van der Waals surface area contributed by atoms with Crippen molar-refractivity contribution >= 4 is 23.5 Å². The standard InChI is InChI=1S/C35H49F2N7O4/c1-6-7-8-17-42(5)19-23-11-13-26(14-12-23)44-21-27(30(41-44)31(36)37)39-32(45)28-22-47-33(40-28)25-15-16-38-29(18-25)43(20-24-9-10-24)34(46)48-35(2,3)4/h15-16,18,21-24,26,31H,6-14,17,19-20H2,1-5H3,(H,39,45). The number of hydrogen-bond donors (Lipinski definition) is 1. The van der Waals surface area contributed by atoms with Crippen LogP contribution in [0.2, 0.25) is 0 Å². The predicted octanol–water partition coefficient (Wildman–Crippen LogP) is 8.13. The van der Waals surface area contributed by atoms with Crippen molar-refractivity contribution in [2.24, 2.45) is 11.8 Å². The molecule has 2 aliphatic rings. The molecule has 0 radical (unpaired) electrons. The predicted molar refractivity (Wildman–Crippen MR) is 179 cm³/mol. The fourth-order valence-corrected chi connectivity index (χ4v) is 6.14. The molecular formula is C35H49F2N7O4. The summed E-state index contributed by atoms with van der Waals surface area (Å²) >= 11 is 0. The Hall–Kier alpha value is -3.87. The Labute approximate surface area is 281 Å². The molecule has 0 aliphatic heterocycles. The van der Waals surface area contributed by atoms with Crippen molar-refractivity contribution in [3.63, 3.8) is 0 Å². The van der Waals surface area contributed by atoms with Gasteiger partial charge in [0.05, 0.1) is 11.7 Å². The number of aromatic nitrogens is 4. The lowest BCUT2D eigenvalue weighted by Gasteiger charge is -2.31. The van der Waals surface area contributed by atoms with Gasteiger partial charge in [-0.2, -0.15) is 5.10 Å². The molecule has 3 aromatic heterocycles. The summed E-state index contributed by atoms with van der Waals surface area (Å²) in [7, 11) is 2.17. The smallest absolute Gasteiger partial charge is 0.416 e. The van der Waals surface area contributed by atoms with Crippen LogP contribution in [0.15, 0.2) is 35.2 Å². The van der Waals surface area contributed by atoms with E-state index in [0.29, 0.717) is 29.8 Å². The van der Waals surface area contributed by atoms with Gasteiger partial charge < -0.3 is 19.4 Å². The number of unbranched alkanes of at least 4 members (excludes halogenated alkanes) is 2. The van der Waals surface area contributed by atoms with Crippen molar-refractivity contribution in [2.75, 3.05) is 36.9 Å². The zero-order valence-corrected chi connectivity index (χ0v) is 28.8. The molecule has 13 heteroatoms. The first kappa shape index (κ1) is 35.4. The molecule has 0 saturated heterocycles. The van der Waals surface area contributed by atoms with E-state index >= 15 is 0 Å². The van der Waals surface area contributed by atoms with Crippen LogP contribution in [-0.2, 0) is 4.74 Å². The van der Waals surface area contributed by atoms with Gasteiger partial charge in [-0.25, -0.2) is 23.5 Å². The van der Waals surface area contributed by atoms with E-state index in [1.165, 1.54) is 42.8 Å². The first-order valence-electron chi connectivity index (χ1n) is 17.2. The maximum atomic E-state index is 14.0. The van der Waals surface area contributed by atoms with E-state index in [2.05, 4.69) is 39.3 Å². The molecular weight excluding hydrogens is 620 g/mol. The highest BCUT2D eigenvalue weighted by Gasteiger charge is 2.32. The average Bonchev–Trinajstić information content (AvgIpc) is 3.54. The lowest BCUT2D eigenvalue weighted by molar-refractivity contribution is 0.0577. The highest BCUT2D eigenvalue weighted by molar-refractivity contribution is 6.03. The molecule has 0 bridgehead atoms. The summed E-state index contributed by atoms with van der Waals surface area (Å²) in [6.07, 6.45) is 10.2. The van der Waals surface area contributed by atoms with Crippen molar-refractivity contribution in [1.82, 2.24) is 24.6 Å². The third kappa shape index (κ3) is 9.61. The molecule has 0 unspecified atom stereocenters. The molecule has 3 heterocycles. The number of amides is 2. The van der Waals surface area contributed by atoms with E-state index in [1.807, 2.05) is 0 Å². The maximum absolute atomic E-state index is 14.0. The van der Waals surface area contributed by atoms with Crippen LogP contribution >= 0.6 is 0 Å². The van der Waals surface area contributed by atoms with Crippen molar-refractivity contribution in [1.29, 1.82) is 0 Å². The Bertz CT molecular complexity index is 1520. The summed E-state index contributed by atoms with van der Waals surface area (Å²) < 4.78 is 40.9. The lowest BCUT2D eigenvalue weighted by atomic mass is 9.86. The highest BCUT2D eigenvalue weighted by atomic mass is 19.3. The van der Waals surface area contributed by atoms with E-state index < -0.39 is 29.7 Å². The molecule has 0 atom stereocenters. The van der Waals surface area contributed by atoms with Crippen LogP contribution in [0.4, 0.5) is 25.1 Å². The summed E-state index contributed by atoms with van der Waals surface area (Å²) in [6.45, 7) is 10.2. The average molecular weight is 670 g/mol. The number of nitrogens with one attached hydrogen (secondary N) is 1. The minimum absolute atomic E-state index is 0.00509. The Kier molecular flexibility index (Phi) is 11.5. The van der Waals surface area contributed by atoms with Gasteiger partial charge in [0.25, 0.3) is 12.3 Å². The third-order valence-electron chi connectivity index (χ3n) is 8.88. The fraction of sp³-hybridized carbons (Fsp3) is 0.629. The zero-order chi connectivity index (χ0) is 34.4. The number of carbonyl (C=O) groups excluding carboxylic acids is 2. The largest absolute Gasteiger partial charge is 0.444 e. The number of anilines is 2. The molecule has 2 fully saturated rings. The second-order valence-electron chi connectivity index (χ2n) is 14.3. The molecule has 48 heavy (non-hydrogen) atoms.